The maximum Gasteiger partial charge on any atom is 0.325 e. The fourth-order valence-electron chi connectivity index (χ4n) is 0.936. The number of amides is 3. The van der Waals surface area contributed by atoms with Crippen LogP contribution in [0.15, 0.2) is 0 Å². The summed E-state index contributed by atoms with van der Waals surface area (Å²) in [6.07, 6.45) is 1.51. The standard InChI is InChI=1S/C9H17N3O4/c1-6(8(14)15)12-9(16)11-5-3-2-4-7(10)13/h6H,2-5H2,1H3,(H2,10,13)(H,14,15)(H2,11,12,16)/t6-/m0/s1. The molecule has 16 heavy (non-hydrogen) atoms. The number of carboxylic acid groups (broad SMARTS) is 1. The summed E-state index contributed by atoms with van der Waals surface area (Å²) in [4.78, 5) is 31.8. The third kappa shape index (κ3) is 7.60. The Balaban J connectivity index is 3.51. The Hall–Kier alpha value is -1.79. The van der Waals surface area contributed by atoms with Crippen LogP contribution in [0.3, 0.4) is 0 Å². The molecule has 0 aromatic rings. The van der Waals surface area contributed by atoms with Crippen molar-refractivity contribution in [1.82, 2.24) is 10.6 Å². The molecule has 0 aliphatic rings. The van der Waals surface area contributed by atoms with Crippen molar-refractivity contribution in [3.8, 4) is 0 Å². The topological polar surface area (TPSA) is 122 Å². The second kappa shape index (κ2) is 7.49. The molecule has 5 N–H and O–H groups in total. The Morgan fingerprint density at radius 2 is 1.94 bits per heavy atom. The van der Waals surface area contributed by atoms with Gasteiger partial charge in [-0.05, 0) is 19.8 Å². The third-order valence-corrected chi connectivity index (χ3v) is 1.85. The fraction of sp³-hybridized carbons (Fsp3) is 0.667. The lowest BCUT2D eigenvalue weighted by atomic mass is 10.2. The van der Waals surface area contributed by atoms with Gasteiger partial charge in [0.2, 0.25) is 5.91 Å². The molecule has 0 bridgehead atoms. The van der Waals surface area contributed by atoms with Gasteiger partial charge in [-0.15, -0.1) is 0 Å². The quantitative estimate of drug-likeness (QED) is 0.437. The highest BCUT2D eigenvalue weighted by Gasteiger charge is 2.12. The van der Waals surface area contributed by atoms with E-state index in [0.29, 0.717) is 19.4 Å². The summed E-state index contributed by atoms with van der Waals surface area (Å²) in [6, 6.07) is -1.46. The molecule has 1 atom stereocenters. The van der Waals surface area contributed by atoms with Crippen molar-refractivity contribution in [2.24, 2.45) is 5.73 Å². The predicted octanol–water partition coefficient (Wildman–Crippen LogP) is -0.586. The number of primary amides is 1. The van der Waals surface area contributed by atoms with E-state index in [0.717, 1.165) is 0 Å². The van der Waals surface area contributed by atoms with Crippen LogP contribution in [0, 0.1) is 0 Å². The zero-order valence-corrected chi connectivity index (χ0v) is 9.16. The average Bonchev–Trinajstić information content (AvgIpc) is 2.16. The molecule has 0 heterocycles. The second-order valence-electron chi connectivity index (χ2n) is 3.38. The number of urea groups is 1. The van der Waals surface area contributed by atoms with Crippen LogP contribution in [-0.2, 0) is 9.59 Å². The number of unbranched alkanes of at least 4 members (excludes halogenated alkanes) is 1. The lowest BCUT2D eigenvalue weighted by molar-refractivity contribution is -0.138. The normalized spacial score (nSPS) is 11.6. The second-order valence-corrected chi connectivity index (χ2v) is 3.38. The van der Waals surface area contributed by atoms with Crippen LogP contribution in [0.25, 0.3) is 0 Å². The number of carbonyl (C=O) groups is 3. The van der Waals surface area contributed by atoms with E-state index in [1.165, 1.54) is 6.92 Å². The van der Waals surface area contributed by atoms with Crippen molar-refractivity contribution in [3.63, 3.8) is 0 Å². The molecule has 7 nitrogen and oxygen atoms in total. The first-order chi connectivity index (χ1) is 7.43. The van der Waals surface area contributed by atoms with Gasteiger partial charge in [0.1, 0.15) is 6.04 Å². The van der Waals surface area contributed by atoms with Crippen molar-refractivity contribution >= 4 is 17.9 Å². The van der Waals surface area contributed by atoms with Gasteiger partial charge in [-0.3, -0.25) is 9.59 Å². The molecule has 92 valence electrons. The summed E-state index contributed by atoms with van der Waals surface area (Å²) in [6.45, 7) is 1.75. The molecule has 0 spiro atoms. The summed E-state index contributed by atoms with van der Waals surface area (Å²) in [7, 11) is 0. The van der Waals surface area contributed by atoms with Crippen molar-refractivity contribution in [2.75, 3.05) is 6.54 Å². The molecule has 0 fully saturated rings. The molecule has 0 saturated heterocycles. The van der Waals surface area contributed by atoms with E-state index in [1.807, 2.05) is 0 Å². The summed E-state index contributed by atoms with van der Waals surface area (Å²) < 4.78 is 0. The van der Waals surface area contributed by atoms with Crippen LogP contribution in [0.5, 0.6) is 0 Å². The summed E-state index contributed by atoms with van der Waals surface area (Å²) in [5, 5.41) is 13.2. The number of hydrogen-bond donors (Lipinski definition) is 4. The van der Waals surface area contributed by atoms with Crippen LogP contribution >= 0.6 is 0 Å². The fourth-order valence-corrected chi connectivity index (χ4v) is 0.936. The van der Waals surface area contributed by atoms with E-state index in [-0.39, 0.29) is 12.3 Å². The molecule has 0 radical (unpaired) electrons. The van der Waals surface area contributed by atoms with Gasteiger partial charge in [0.25, 0.3) is 0 Å². The Bertz CT molecular complexity index is 267. The number of nitrogens with two attached hydrogens (primary N) is 1. The largest absolute Gasteiger partial charge is 0.480 e. The lowest BCUT2D eigenvalue weighted by Gasteiger charge is -2.10. The summed E-state index contributed by atoms with van der Waals surface area (Å²) in [5.41, 5.74) is 4.93. The van der Waals surface area contributed by atoms with Gasteiger partial charge in [-0.2, -0.15) is 0 Å². The zero-order chi connectivity index (χ0) is 12.6. The van der Waals surface area contributed by atoms with Crippen LogP contribution in [0.2, 0.25) is 0 Å². The van der Waals surface area contributed by atoms with Crippen molar-refractivity contribution in [1.29, 1.82) is 0 Å². The molecule has 3 amide bonds. The van der Waals surface area contributed by atoms with Gasteiger partial charge in [0.05, 0.1) is 0 Å². The van der Waals surface area contributed by atoms with Gasteiger partial charge >= 0.3 is 12.0 Å². The molecular formula is C9H17N3O4. The minimum absolute atomic E-state index is 0.287. The van der Waals surface area contributed by atoms with E-state index < -0.39 is 18.0 Å². The summed E-state index contributed by atoms with van der Waals surface area (Å²) in [5.74, 6) is -1.46. The van der Waals surface area contributed by atoms with Crippen LogP contribution in [0.1, 0.15) is 26.2 Å². The first-order valence-corrected chi connectivity index (χ1v) is 4.99. The van der Waals surface area contributed by atoms with Crippen molar-refractivity contribution in [2.45, 2.75) is 32.2 Å². The highest BCUT2D eigenvalue weighted by atomic mass is 16.4. The Labute approximate surface area is 93.4 Å². The van der Waals surface area contributed by atoms with E-state index in [4.69, 9.17) is 10.8 Å². The monoisotopic (exact) mass is 231 g/mol. The number of carboxylic acids is 1. The molecule has 0 saturated carbocycles. The van der Waals surface area contributed by atoms with Crippen LogP contribution in [-0.4, -0.2) is 35.6 Å². The molecule has 7 heteroatoms. The van der Waals surface area contributed by atoms with Gasteiger partial charge in [0, 0.05) is 13.0 Å². The highest BCUT2D eigenvalue weighted by Crippen LogP contribution is 1.92. The number of hydrogen-bond acceptors (Lipinski definition) is 3. The minimum atomic E-state index is -1.09. The SMILES string of the molecule is C[C@H](NC(=O)NCCCCC(N)=O)C(=O)O. The predicted molar refractivity (Wildman–Crippen MR) is 56.7 cm³/mol. The van der Waals surface area contributed by atoms with Crippen LogP contribution in [0.4, 0.5) is 4.79 Å². The molecule has 0 aliphatic heterocycles. The summed E-state index contributed by atoms with van der Waals surface area (Å²) >= 11 is 0. The van der Waals surface area contributed by atoms with Crippen molar-refractivity contribution < 1.29 is 19.5 Å². The number of aliphatic carboxylic acids is 1. The Kier molecular flexibility index (Phi) is 6.66. The third-order valence-electron chi connectivity index (χ3n) is 1.85. The number of carbonyl (C=O) groups excluding carboxylic acids is 2. The molecule has 0 aliphatic carbocycles. The number of nitrogens with one attached hydrogen (secondary N) is 2. The zero-order valence-electron chi connectivity index (χ0n) is 9.16. The van der Waals surface area contributed by atoms with E-state index in [9.17, 15) is 14.4 Å². The van der Waals surface area contributed by atoms with Crippen LogP contribution < -0.4 is 16.4 Å². The van der Waals surface area contributed by atoms with E-state index >= 15 is 0 Å². The first-order valence-electron chi connectivity index (χ1n) is 4.99. The molecule has 0 aromatic carbocycles. The smallest absolute Gasteiger partial charge is 0.325 e. The van der Waals surface area contributed by atoms with Gasteiger partial charge in [0.15, 0.2) is 0 Å². The van der Waals surface area contributed by atoms with Crippen molar-refractivity contribution in [3.05, 3.63) is 0 Å². The van der Waals surface area contributed by atoms with Gasteiger partial charge in [-0.25, -0.2) is 4.79 Å². The molecular weight excluding hydrogens is 214 g/mol. The van der Waals surface area contributed by atoms with E-state index in [1.54, 1.807) is 0 Å². The van der Waals surface area contributed by atoms with Gasteiger partial charge in [-0.1, -0.05) is 0 Å². The van der Waals surface area contributed by atoms with E-state index in [2.05, 4.69) is 10.6 Å². The Morgan fingerprint density at radius 3 is 2.44 bits per heavy atom. The molecule has 0 unspecified atom stereocenters. The number of rotatable bonds is 7. The van der Waals surface area contributed by atoms with Gasteiger partial charge < -0.3 is 21.5 Å². The maximum absolute atomic E-state index is 11.1. The highest BCUT2D eigenvalue weighted by molar-refractivity contribution is 5.82. The molecule has 0 rings (SSSR count). The first kappa shape index (κ1) is 14.2. The molecule has 0 aromatic heterocycles. The minimum Gasteiger partial charge on any atom is -0.480 e. The average molecular weight is 231 g/mol. The maximum atomic E-state index is 11.1. The Morgan fingerprint density at radius 1 is 1.31 bits per heavy atom. The lowest BCUT2D eigenvalue weighted by Crippen LogP contribution is -2.44.